The van der Waals surface area contributed by atoms with Gasteiger partial charge in [0.2, 0.25) is 0 Å². The van der Waals surface area contributed by atoms with Crippen molar-refractivity contribution < 1.29 is 13.7 Å². The minimum Gasteiger partial charge on any atom is -0.355 e. The Hall–Kier alpha value is -2.49. The van der Waals surface area contributed by atoms with Crippen molar-refractivity contribution in [3.05, 3.63) is 53.3 Å². The fraction of sp³-hybridized carbons (Fsp3) is 0. The summed E-state index contributed by atoms with van der Waals surface area (Å²) in [5.74, 6) is -0.384. The number of fused-ring (bicyclic) bond motifs is 2. The van der Waals surface area contributed by atoms with Crippen molar-refractivity contribution >= 4 is 16.7 Å². The van der Waals surface area contributed by atoms with Crippen LogP contribution in [0.2, 0.25) is 0 Å². The van der Waals surface area contributed by atoms with Crippen LogP contribution in [0.3, 0.4) is 0 Å². The summed E-state index contributed by atoms with van der Waals surface area (Å²) < 4.78 is 19.1. The van der Waals surface area contributed by atoms with Crippen LogP contribution in [0.4, 0.5) is 4.39 Å². The van der Waals surface area contributed by atoms with E-state index >= 15 is 0 Å². The fourth-order valence-electron chi connectivity index (χ4n) is 2.43. The first-order valence-electron chi connectivity index (χ1n) is 5.49. The van der Waals surface area contributed by atoms with Crippen LogP contribution in [0.25, 0.3) is 22.2 Å². The van der Waals surface area contributed by atoms with Gasteiger partial charge in [-0.1, -0.05) is 29.4 Å². The molecule has 0 spiro atoms. The molecule has 1 aliphatic rings. The topological polar surface area (TPSA) is 43.1 Å². The van der Waals surface area contributed by atoms with Crippen LogP contribution in [0.15, 0.2) is 40.9 Å². The molecule has 1 heterocycles. The maximum atomic E-state index is 13.9. The third-order valence-electron chi connectivity index (χ3n) is 3.24. The van der Waals surface area contributed by atoms with Gasteiger partial charge >= 0.3 is 0 Å². The molecule has 1 aromatic heterocycles. The first-order valence-corrected chi connectivity index (χ1v) is 5.49. The molecule has 18 heavy (non-hydrogen) atoms. The van der Waals surface area contributed by atoms with E-state index in [0.717, 1.165) is 0 Å². The van der Waals surface area contributed by atoms with Crippen LogP contribution >= 0.6 is 0 Å². The third kappa shape index (κ3) is 0.977. The highest BCUT2D eigenvalue weighted by Gasteiger charge is 2.31. The summed E-state index contributed by atoms with van der Waals surface area (Å²) in [6.07, 6.45) is 0. The predicted octanol–water partition coefficient (Wildman–Crippen LogP) is 3.18. The lowest BCUT2D eigenvalue weighted by Crippen LogP contribution is -2.10. The lowest BCUT2D eigenvalue weighted by atomic mass is 9.88. The average molecular weight is 239 g/mol. The van der Waals surface area contributed by atoms with E-state index in [-0.39, 0.29) is 11.3 Å². The zero-order valence-corrected chi connectivity index (χ0v) is 9.11. The molecule has 4 heteroatoms. The molecule has 0 amide bonds. The number of halogens is 1. The molecule has 4 rings (SSSR count). The van der Waals surface area contributed by atoms with Gasteiger partial charge in [0.1, 0.15) is 11.3 Å². The first-order chi connectivity index (χ1) is 8.77. The van der Waals surface area contributed by atoms with Crippen LogP contribution in [0, 0.1) is 5.82 Å². The number of ketones is 1. The molecular weight excluding hydrogens is 233 g/mol. The lowest BCUT2D eigenvalue weighted by molar-refractivity contribution is 0.103. The standard InChI is InChI=1S/C14H6FNO2/c15-9-5-6-10-12-11(9)13(17)7-3-1-2-4-8(7)14(12)18-16-10/h1-6H. The summed E-state index contributed by atoms with van der Waals surface area (Å²) in [6, 6.07) is 9.77. The Balaban J connectivity index is 2.28. The van der Waals surface area contributed by atoms with Gasteiger partial charge in [0, 0.05) is 11.1 Å². The van der Waals surface area contributed by atoms with E-state index in [1.54, 1.807) is 18.2 Å². The van der Waals surface area contributed by atoms with Crippen molar-refractivity contribution in [1.82, 2.24) is 5.16 Å². The Morgan fingerprint density at radius 2 is 1.83 bits per heavy atom. The smallest absolute Gasteiger partial charge is 0.197 e. The van der Waals surface area contributed by atoms with E-state index in [1.807, 2.05) is 6.07 Å². The molecule has 0 fully saturated rings. The zero-order chi connectivity index (χ0) is 12.3. The molecule has 0 aliphatic heterocycles. The largest absolute Gasteiger partial charge is 0.355 e. The quantitative estimate of drug-likeness (QED) is 0.473. The molecule has 0 radical (unpaired) electrons. The van der Waals surface area contributed by atoms with E-state index < -0.39 is 5.82 Å². The van der Waals surface area contributed by atoms with Gasteiger partial charge in [0.05, 0.1) is 10.9 Å². The van der Waals surface area contributed by atoms with Gasteiger partial charge in [-0.15, -0.1) is 0 Å². The molecule has 0 saturated carbocycles. The highest BCUT2D eigenvalue weighted by molar-refractivity contribution is 6.24. The molecule has 0 bridgehead atoms. The predicted molar refractivity (Wildman–Crippen MR) is 62.8 cm³/mol. The summed E-state index contributed by atoms with van der Waals surface area (Å²) in [5.41, 5.74) is 1.68. The van der Waals surface area contributed by atoms with E-state index in [9.17, 15) is 9.18 Å². The van der Waals surface area contributed by atoms with Gasteiger partial charge in [-0.05, 0) is 12.1 Å². The summed E-state index contributed by atoms with van der Waals surface area (Å²) in [7, 11) is 0. The van der Waals surface area contributed by atoms with Crippen molar-refractivity contribution in [2.75, 3.05) is 0 Å². The van der Waals surface area contributed by atoms with Crippen molar-refractivity contribution in [2.24, 2.45) is 0 Å². The monoisotopic (exact) mass is 239 g/mol. The second-order valence-electron chi connectivity index (χ2n) is 4.20. The molecule has 3 nitrogen and oxygen atoms in total. The van der Waals surface area contributed by atoms with Crippen molar-refractivity contribution in [2.45, 2.75) is 0 Å². The second kappa shape index (κ2) is 3.04. The summed E-state index contributed by atoms with van der Waals surface area (Å²) in [4.78, 5) is 12.3. The van der Waals surface area contributed by atoms with Gasteiger partial charge < -0.3 is 4.52 Å². The molecule has 1 aliphatic carbocycles. The number of nitrogens with zero attached hydrogens (tertiary/aromatic N) is 1. The Kier molecular flexibility index (Phi) is 1.61. The molecule has 0 N–H and O–H groups in total. The van der Waals surface area contributed by atoms with Crippen molar-refractivity contribution in [1.29, 1.82) is 0 Å². The highest BCUT2D eigenvalue weighted by atomic mass is 19.1. The van der Waals surface area contributed by atoms with Crippen LogP contribution < -0.4 is 0 Å². The summed E-state index contributed by atoms with van der Waals surface area (Å²) in [6.45, 7) is 0. The van der Waals surface area contributed by atoms with E-state index in [1.165, 1.54) is 12.1 Å². The molecule has 86 valence electrons. The van der Waals surface area contributed by atoms with Crippen LogP contribution in [-0.4, -0.2) is 10.9 Å². The normalized spacial score (nSPS) is 12.8. The van der Waals surface area contributed by atoms with Crippen LogP contribution in [-0.2, 0) is 0 Å². The maximum Gasteiger partial charge on any atom is 0.197 e. The van der Waals surface area contributed by atoms with Gasteiger partial charge in [-0.2, -0.15) is 0 Å². The van der Waals surface area contributed by atoms with E-state index in [0.29, 0.717) is 27.8 Å². The van der Waals surface area contributed by atoms with Crippen LogP contribution in [0.1, 0.15) is 15.9 Å². The minimum atomic E-state index is -0.536. The average Bonchev–Trinajstić information content (AvgIpc) is 2.82. The Morgan fingerprint density at radius 1 is 1.06 bits per heavy atom. The van der Waals surface area contributed by atoms with Gasteiger partial charge in [-0.3, -0.25) is 4.79 Å². The number of hydrogen-bond acceptors (Lipinski definition) is 3. The van der Waals surface area contributed by atoms with Gasteiger partial charge in [-0.25, -0.2) is 4.39 Å². The molecule has 0 saturated heterocycles. The Labute approximate surface area is 101 Å². The first kappa shape index (κ1) is 9.53. The van der Waals surface area contributed by atoms with Crippen LogP contribution in [0.5, 0.6) is 0 Å². The molecule has 0 unspecified atom stereocenters. The summed E-state index contributed by atoms with van der Waals surface area (Å²) in [5, 5.41) is 4.34. The summed E-state index contributed by atoms with van der Waals surface area (Å²) >= 11 is 0. The Bertz CT molecular complexity index is 820. The zero-order valence-electron chi connectivity index (χ0n) is 9.11. The number of rotatable bonds is 0. The number of aromatic nitrogens is 1. The SMILES string of the molecule is O=C1c2ccccc2-c2onc3ccc(F)c1c23. The molecule has 0 atom stereocenters. The number of hydrogen-bond donors (Lipinski definition) is 0. The fourth-order valence-corrected chi connectivity index (χ4v) is 2.43. The molecule has 2 aromatic carbocycles. The van der Waals surface area contributed by atoms with E-state index in [2.05, 4.69) is 5.16 Å². The Morgan fingerprint density at radius 3 is 2.67 bits per heavy atom. The molecular formula is C14H6FNO2. The van der Waals surface area contributed by atoms with E-state index in [4.69, 9.17) is 4.52 Å². The third-order valence-corrected chi connectivity index (χ3v) is 3.24. The molecule has 3 aromatic rings. The number of carbonyl (C=O) groups is 1. The van der Waals surface area contributed by atoms with Gasteiger partial charge in [0.15, 0.2) is 11.5 Å². The lowest BCUT2D eigenvalue weighted by Gasteiger charge is -2.13. The second-order valence-corrected chi connectivity index (χ2v) is 4.20. The minimum absolute atomic E-state index is 0.0578. The van der Waals surface area contributed by atoms with Gasteiger partial charge in [0.25, 0.3) is 0 Å². The van der Waals surface area contributed by atoms with Crippen molar-refractivity contribution in [3.8, 4) is 11.3 Å². The number of carbonyl (C=O) groups excluding carboxylic acids is 1. The number of benzene rings is 2. The van der Waals surface area contributed by atoms with Crippen molar-refractivity contribution in [3.63, 3.8) is 0 Å². The highest BCUT2D eigenvalue weighted by Crippen LogP contribution is 2.39. The maximum absolute atomic E-state index is 13.9.